The molecule has 3 nitrogen and oxygen atoms in total. The molecule has 0 aliphatic carbocycles. The van der Waals surface area contributed by atoms with Crippen LogP contribution in [-0.4, -0.2) is 10.8 Å². The van der Waals surface area contributed by atoms with E-state index in [2.05, 4.69) is 4.98 Å². The van der Waals surface area contributed by atoms with Gasteiger partial charge in [-0.2, -0.15) is 0 Å². The maximum Gasteiger partial charge on any atom is 0.196 e. The normalized spacial score (nSPS) is 10.6. The molecule has 0 aliphatic rings. The monoisotopic (exact) mass is 223 g/mol. The number of furan rings is 1. The van der Waals surface area contributed by atoms with Crippen molar-refractivity contribution in [1.29, 1.82) is 0 Å². The molecule has 0 amide bonds. The molecule has 0 fully saturated rings. The van der Waals surface area contributed by atoms with Gasteiger partial charge in [-0.25, -0.2) is 0 Å². The van der Waals surface area contributed by atoms with Crippen molar-refractivity contribution >= 4 is 16.7 Å². The van der Waals surface area contributed by atoms with Crippen LogP contribution in [0, 0.1) is 0 Å². The molecule has 3 heteroatoms. The first-order valence-electron chi connectivity index (χ1n) is 5.26. The summed E-state index contributed by atoms with van der Waals surface area (Å²) < 4.78 is 4.91. The van der Waals surface area contributed by atoms with Crippen molar-refractivity contribution < 1.29 is 9.21 Å². The number of hydrogen-bond acceptors (Lipinski definition) is 3. The van der Waals surface area contributed by atoms with Gasteiger partial charge in [-0.15, -0.1) is 0 Å². The third-order valence-corrected chi connectivity index (χ3v) is 2.65. The van der Waals surface area contributed by atoms with Crippen molar-refractivity contribution in [3.05, 3.63) is 66.2 Å². The van der Waals surface area contributed by atoms with E-state index in [1.165, 1.54) is 12.5 Å². The molecule has 2 heterocycles. The van der Waals surface area contributed by atoms with E-state index in [4.69, 9.17) is 4.42 Å². The number of rotatable bonds is 2. The number of carbonyl (C=O) groups is 1. The van der Waals surface area contributed by atoms with Crippen LogP contribution in [0.2, 0.25) is 0 Å². The first-order valence-corrected chi connectivity index (χ1v) is 5.26. The predicted molar refractivity (Wildman–Crippen MR) is 63.9 cm³/mol. The Morgan fingerprint density at radius 1 is 1.12 bits per heavy atom. The fraction of sp³-hybridized carbons (Fsp3) is 0. The Labute approximate surface area is 97.7 Å². The highest BCUT2D eigenvalue weighted by molar-refractivity contribution is 6.10. The molecular weight excluding hydrogens is 214 g/mol. The third-order valence-electron chi connectivity index (χ3n) is 2.65. The molecule has 0 bridgehead atoms. The zero-order chi connectivity index (χ0) is 11.7. The predicted octanol–water partition coefficient (Wildman–Crippen LogP) is 3.06. The van der Waals surface area contributed by atoms with E-state index in [9.17, 15) is 4.79 Å². The van der Waals surface area contributed by atoms with Gasteiger partial charge < -0.3 is 4.42 Å². The molecule has 0 spiro atoms. The van der Waals surface area contributed by atoms with Gasteiger partial charge in [0.2, 0.25) is 0 Å². The van der Waals surface area contributed by atoms with Crippen LogP contribution in [0.25, 0.3) is 10.9 Å². The minimum atomic E-state index is -0.0497. The molecule has 0 unspecified atom stereocenters. The number of pyridine rings is 1. The molecule has 0 N–H and O–H groups in total. The van der Waals surface area contributed by atoms with Crippen LogP contribution in [0.15, 0.2) is 59.5 Å². The first kappa shape index (κ1) is 9.78. The lowest BCUT2D eigenvalue weighted by Gasteiger charge is -2.00. The van der Waals surface area contributed by atoms with Gasteiger partial charge in [0.05, 0.1) is 17.3 Å². The molecule has 17 heavy (non-hydrogen) atoms. The standard InChI is InChI=1S/C14H9NO2/c16-14(12-5-7-17-9-12)11-4-3-10-2-1-6-15-13(10)8-11/h1-9H. The molecule has 3 rings (SSSR count). The Balaban J connectivity index is 2.09. The summed E-state index contributed by atoms with van der Waals surface area (Å²) in [6.45, 7) is 0. The van der Waals surface area contributed by atoms with Crippen molar-refractivity contribution in [3.8, 4) is 0 Å². The quantitative estimate of drug-likeness (QED) is 0.627. The van der Waals surface area contributed by atoms with E-state index >= 15 is 0 Å². The second kappa shape index (κ2) is 3.87. The summed E-state index contributed by atoms with van der Waals surface area (Å²) >= 11 is 0. The van der Waals surface area contributed by atoms with Crippen LogP contribution in [0.5, 0.6) is 0 Å². The fourth-order valence-corrected chi connectivity index (χ4v) is 1.77. The summed E-state index contributed by atoms with van der Waals surface area (Å²) in [5.74, 6) is -0.0497. The number of ketones is 1. The second-order valence-corrected chi connectivity index (χ2v) is 3.75. The topological polar surface area (TPSA) is 43.1 Å². The van der Waals surface area contributed by atoms with Gasteiger partial charge in [0.1, 0.15) is 6.26 Å². The van der Waals surface area contributed by atoms with E-state index in [-0.39, 0.29) is 5.78 Å². The highest BCUT2D eigenvalue weighted by Gasteiger charge is 2.10. The van der Waals surface area contributed by atoms with Crippen LogP contribution >= 0.6 is 0 Å². The molecule has 2 aromatic heterocycles. The molecule has 1 aromatic carbocycles. The van der Waals surface area contributed by atoms with Gasteiger partial charge in [-0.05, 0) is 18.2 Å². The second-order valence-electron chi connectivity index (χ2n) is 3.75. The Morgan fingerprint density at radius 3 is 2.88 bits per heavy atom. The smallest absolute Gasteiger partial charge is 0.196 e. The molecular formula is C14H9NO2. The zero-order valence-electron chi connectivity index (χ0n) is 8.96. The molecule has 3 aromatic rings. The van der Waals surface area contributed by atoms with Gasteiger partial charge in [-0.1, -0.05) is 18.2 Å². The number of aromatic nitrogens is 1. The van der Waals surface area contributed by atoms with Gasteiger partial charge in [0.15, 0.2) is 5.78 Å². The average Bonchev–Trinajstić information content (AvgIpc) is 2.91. The lowest BCUT2D eigenvalue weighted by Crippen LogP contribution is -1.99. The van der Waals surface area contributed by atoms with Crippen LogP contribution in [0.1, 0.15) is 15.9 Å². The van der Waals surface area contributed by atoms with Crippen molar-refractivity contribution in [3.63, 3.8) is 0 Å². The van der Waals surface area contributed by atoms with E-state index < -0.39 is 0 Å². The Morgan fingerprint density at radius 2 is 2.06 bits per heavy atom. The SMILES string of the molecule is O=C(c1ccoc1)c1ccc2cccnc2c1. The van der Waals surface area contributed by atoms with E-state index in [0.717, 1.165) is 10.9 Å². The van der Waals surface area contributed by atoms with Gasteiger partial charge in [-0.3, -0.25) is 9.78 Å². The fourth-order valence-electron chi connectivity index (χ4n) is 1.77. The molecule has 0 aliphatic heterocycles. The number of nitrogens with zero attached hydrogens (tertiary/aromatic N) is 1. The van der Waals surface area contributed by atoms with Crippen LogP contribution in [-0.2, 0) is 0 Å². The summed E-state index contributed by atoms with van der Waals surface area (Å²) in [4.78, 5) is 16.3. The molecule has 0 atom stereocenters. The maximum absolute atomic E-state index is 12.1. The number of carbonyl (C=O) groups excluding carboxylic acids is 1. The summed E-state index contributed by atoms with van der Waals surface area (Å²) in [5.41, 5.74) is 2.00. The van der Waals surface area contributed by atoms with Gasteiger partial charge in [0, 0.05) is 17.1 Å². The average molecular weight is 223 g/mol. The lowest BCUT2D eigenvalue weighted by molar-refractivity contribution is 0.103. The lowest BCUT2D eigenvalue weighted by atomic mass is 10.0. The van der Waals surface area contributed by atoms with E-state index in [0.29, 0.717) is 11.1 Å². The maximum atomic E-state index is 12.1. The van der Waals surface area contributed by atoms with E-state index in [1.54, 1.807) is 24.4 Å². The zero-order valence-corrected chi connectivity index (χ0v) is 8.96. The third kappa shape index (κ3) is 1.72. The Bertz CT molecular complexity index is 672. The highest BCUT2D eigenvalue weighted by atomic mass is 16.3. The highest BCUT2D eigenvalue weighted by Crippen LogP contribution is 2.16. The van der Waals surface area contributed by atoms with Crippen LogP contribution in [0.4, 0.5) is 0 Å². The summed E-state index contributed by atoms with van der Waals surface area (Å²) in [7, 11) is 0. The van der Waals surface area contributed by atoms with Gasteiger partial charge >= 0.3 is 0 Å². The summed E-state index contributed by atoms with van der Waals surface area (Å²) in [6, 6.07) is 11.0. The van der Waals surface area contributed by atoms with Crippen molar-refractivity contribution in [2.24, 2.45) is 0 Å². The largest absolute Gasteiger partial charge is 0.472 e. The number of fused-ring (bicyclic) bond motifs is 1. The minimum Gasteiger partial charge on any atom is -0.472 e. The van der Waals surface area contributed by atoms with E-state index in [1.807, 2.05) is 18.2 Å². The molecule has 0 radical (unpaired) electrons. The van der Waals surface area contributed by atoms with Gasteiger partial charge in [0.25, 0.3) is 0 Å². The Hall–Kier alpha value is -2.42. The van der Waals surface area contributed by atoms with Crippen molar-refractivity contribution in [2.75, 3.05) is 0 Å². The minimum absolute atomic E-state index is 0.0497. The Kier molecular flexibility index (Phi) is 2.22. The van der Waals surface area contributed by atoms with Crippen LogP contribution < -0.4 is 0 Å². The summed E-state index contributed by atoms with van der Waals surface area (Å²) in [6.07, 6.45) is 4.66. The molecule has 0 saturated heterocycles. The van der Waals surface area contributed by atoms with Crippen molar-refractivity contribution in [1.82, 2.24) is 4.98 Å². The number of hydrogen-bond donors (Lipinski definition) is 0. The first-order chi connectivity index (χ1) is 8.34. The number of benzene rings is 1. The molecule has 82 valence electrons. The van der Waals surface area contributed by atoms with Crippen molar-refractivity contribution in [2.45, 2.75) is 0 Å². The summed E-state index contributed by atoms with van der Waals surface area (Å²) in [5, 5.41) is 1.02. The van der Waals surface area contributed by atoms with Crippen LogP contribution in [0.3, 0.4) is 0 Å². The molecule has 0 saturated carbocycles.